The number of rotatable bonds is 8. The summed E-state index contributed by atoms with van der Waals surface area (Å²) in [5.41, 5.74) is 2.45. The van der Waals surface area contributed by atoms with Crippen molar-refractivity contribution >= 4 is 15.9 Å². The lowest BCUT2D eigenvalue weighted by molar-refractivity contribution is 0.0951. The Morgan fingerprint density at radius 3 is 2.23 bits per heavy atom. The monoisotopic (exact) mass is 378 g/mol. The molecule has 2 rings (SSSR count). The van der Waals surface area contributed by atoms with Crippen LogP contribution in [-0.4, -0.2) is 44.5 Å². The number of nitrogens with zero attached hydrogens (tertiary/aromatic N) is 1. The SMILES string of the molecule is Cc1ccc(C(=O)NCCN(CCc2ccc(F)cc2)S(C)(=O)=O)cc1. The number of aryl methyl sites for hydroxylation is 1. The van der Waals surface area contributed by atoms with Crippen LogP contribution < -0.4 is 5.32 Å². The number of carbonyl (C=O) groups excluding carboxylic acids is 1. The van der Waals surface area contributed by atoms with Crippen LogP contribution in [0.5, 0.6) is 0 Å². The molecule has 0 aromatic heterocycles. The summed E-state index contributed by atoms with van der Waals surface area (Å²) >= 11 is 0. The Morgan fingerprint density at radius 2 is 1.65 bits per heavy atom. The zero-order chi connectivity index (χ0) is 19.2. The fourth-order valence-corrected chi connectivity index (χ4v) is 3.30. The number of amides is 1. The molecule has 0 fully saturated rings. The summed E-state index contributed by atoms with van der Waals surface area (Å²) in [6.07, 6.45) is 1.61. The lowest BCUT2D eigenvalue weighted by atomic mass is 10.1. The molecule has 1 N–H and O–H groups in total. The lowest BCUT2D eigenvalue weighted by Gasteiger charge is -2.20. The molecule has 5 nitrogen and oxygen atoms in total. The Hall–Kier alpha value is -2.25. The number of halogens is 1. The van der Waals surface area contributed by atoms with Crippen molar-refractivity contribution in [1.82, 2.24) is 9.62 Å². The highest BCUT2D eigenvalue weighted by molar-refractivity contribution is 7.88. The van der Waals surface area contributed by atoms with Gasteiger partial charge in [0, 0.05) is 25.2 Å². The molecule has 0 saturated heterocycles. The van der Waals surface area contributed by atoms with Crippen LogP contribution in [0.1, 0.15) is 21.5 Å². The van der Waals surface area contributed by atoms with Gasteiger partial charge in [0.25, 0.3) is 5.91 Å². The maximum absolute atomic E-state index is 12.9. The first-order chi connectivity index (χ1) is 12.3. The smallest absolute Gasteiger partial charge is 0.251 e. The fraction of sp³-hybridized carbons (Fsp3) is 0.316. The largest absolute Gasteiger partial charge is 0.351 e. The van der Waals surface area contributed by atoms with Crippen molar-refractivity contribution in [1.29, 1.82) is 0 Å². The van der Waals surface area contributed by atoms with Gasteiger partial charge in [0.05, 0.1) is 6.26 Å². The van der Waals surface area contributed by atoms with E-state index in [9.17, 15) is 17.6 Å². The molecule has 140 valence electrons. The van der Waals surface area contributed by atoms with Gasteiger partial charge in [0.1, 0.15) is 5.82 Å². The maximum Gasteiger partial charge on any atom is 0.251 e. The van der Waals surface area contributed by atoms with E-state index in [0.29, 0.717) is 12.0 Å². The number of nitrogens with one attached hydrogen (secondary N) is 1. The van der Waals surface area contributed by atoms with E-state index in [-0.39, 0.29) is 31.4 Å². The van der Waals surface area contributed by atoms with Gasteiger partial charge in [0.2, 0.25) is 10.0 Å². The maximum atomic E-state index is 12.9. The Kier molecular flexibility index (Phi) is 6.88. The third kappa shape index (κ3) is 6.24. The molecule has 2 aromatic carbocycles. The van der Waals surface area contributed by atoms with E-state index in [2.05, 4.69) is 5.32 Å². The van der Waals surface area contributed by atoms with Crippen LogP contribution in [0.2, 0.25) is 0 Å². The van der Waals surface area contributed by atoms with Crippen molar-refractivity contribution < 1.29 is 17.6 Å². The van der Waals surface area contributed by atoms with E-state index >= 15 is 0 Å². The molecule has 0 aliphatic rings. The zero-order valence-corrected chi connectivity index (χ0v) is 15.7. The van der Waals surface area contributed by atoms with Crippen LogP contribution in [0.4, 0.5) is 4.39 Å². The molecule has 0 radical (unpaired) electrons. The van der Waals surface area contributed by atoms with Gasteiger partial charge in [-0.15, -0.1) is 0 Å². The predicted molar refractivity (Wildman–Crippen MR) is 100 cm³/mol. The number of hydrogen-bond donors (Lipinski definition) is 1. The molecule has 0 aliphatic heterocycles. The molecule has 0 aliphatic carbocycles. The van der Waals surface area contributed by atoms with E-state index in [1.165, 1.54) is 16.4 Å². The van der Waals surface area contributed by atoms with Crippen molar-refractivity contribution in [2.45, 2.75) is 13.3 Å². The highest BCUT2D eigenvalue weighted by Gasteiger charge is 2.16. The molecule has 0 spiro atoms. The van der Waals surface area contributed by atoms with Crippen LogP contribution in [0.15, 0.2) is 48.5 Å². The van der Waals surface area contributed by atoms with Crippen LogP contribution in [-0.2, 0) is 16.4 Å². The van der Waals surface area contributed by atoms with Gasteiger partial charge in [-0.1, -0.05) is 29.8 Å². The molecule has 0 bridgehead atoms. The first-order valence-electron chi connectivity index (χ1n) is 8.30. The van der Waals surface area contributed by atoms with E-state index in [0.717, 1.165) is 17.4 Å². The quantitative estimate of drug-likeness (QED) is 0.767. The van der Waals surface area contributed by atoms with Crippen LogP contribution >= 0.6 is 0 Å². The fourth-order valence-electron chi connectivity index (χ4n) is 2.45. The average Bonchev–Trinajstić information content (AvgIpc) is 2.58. The van der Waals surface area contributed by atoms with Crippen molar-refractivity contribution in [3.63, 3.8) is 0 Å². The van der Waals surface area contributed by atoms with Gasteiger partial charge in [-0.3, -0.25) is 4.79 Å². The first-order valence-corrected chi connectivity index (χ1v) is 10.1. The second-order valence-corrected chi connectivity index (χ2v) is 8.14. The van der Waals surface area contributed by atoms with Crippen LogP contribution in [0, 0.1) is 12.7 Å². The third-order valence-electron chi connectivity index (χ3n) is 3.99. The van der Waals surface area contributed by atoms with Gasteiger partial charge in [0.15, 0.2) is 0 Å². The molecule has 0 heterocycles. The average molecular weight is 378 g/mol. The number of hydrogen-bond acceptors (Lipinski definition) is 3. The molecular weight excluding hydrogens is 355 g/mol. The Morgan fingerprint density at radius 1 is 1.04 bits per heavy atom. The number of carbonyl (C=O) groups is 1. The summed E-state index contributed by atoms with van der Waals surface area (Å²) in [6.45, 7) is 2.60. The van der Waals surface area contributed by atoms with E-state index in [1.807, 2.05) is 19.1 Å². The summed E-state index contributed by atoms with van der Waals surface area (Å²) in [5.74, 6) is -0.565. The molecule has 0 saturated carbocycles. The predicted octanol–water partition coefficient (Wildman–Crippen LogP) is 2.37. The summed E-state index contributed by atoms with van der Waals surface area (Å²) < 4.78 is 38.1. The lowest BCUT2D eigenvalue weighted by Crippen LogP contribution is -2.39. The minimum Gasteiger partial charge on any atom is -0.351 e. The third-order valence-corrected chi connectivity index (χ3v) is 5.30. The standard InChI is InChI=1S/C19H23FN2O3S/c1-15-3-7-17(8-4-15)19(23)21-12-14-22(26(2,24)25)13-11-16-5-9-18(20)10-6-16/h3-10H,11-14H2,1-2H3,(H,21,23). The summed E-state index contributed by atoms with van der Waals surface area (Å²) in [7, 11) is -3.40. The van der Waals surface area contributed by atoms with Gasteiger partial charge in [-0.2, -0.15) is 0 Å². The highest BCUT2D eigenvalue weighted by atomic mass is 32.2. The summed E-state index contributed by atoms with van der Waals surface area (Å²) in [5, 5.41) is 2.73. The number of benzene rings is 2. The van der Waals surface area contributed by atoms with E-state index in [4.69, 9.17) is 0 Å². The van der Waals surface area contributed by atoms with Gasteiger partial charge in [-0.05, 0) is 43.2 Å². The Labute approximate surface area is 153 Å². The van der Waals surface area contributed by atoms with Crippen molar-refractivity contribution in [2.24, 2.45) is 0 Å². The van der Waals surface area contributed by atoms with Crippen LogP contribution in [0.25, 0.3) is 0 Å². The Bertz CT molecular complexity index is 834. The molecule has 26 heavy (non-hydrogen) atoms. The van der Waals surface area contributed by atoms with Crippen molar-refractivity contribution in [2.75, 3.05) is 25.9 Å². The molecule has 0 atom stereocenters. The topological polar surface area (TPSA) is 66.5 Å². The van der Waals surface area contributed by atoms with Gasteiger partial charge < -0.3 is 5.32 Å². The second kappa shape index (κ2) is 8.91. The second-order valence-electron chi connectivity index (χ2n) is 6.16. The van der Waals surface area contributed by atoms with Crippen molar-refractivity contribution in [3.8, 4) is 0 Å². The minimum absolute atomic E-state index is 0.178. The van der Waals surface area contributed by atoms with E-state index < -0.39 is 10.0 Å². The molecule has 0 unspecified atom stereocenters. The first kappa shape index (κ1) is 20.1. The van der Waals surface area contributed by atoms with E-state index in [1.54, 1.807) is 24.3 Å². The Balaban J connectivity index is 1.88. The number of sulfonamides is 1. The molecule has 2 aromatic rings. The van der Waals surface area contributed by atoms with Crippen molar-refractivity contribution in [3.05, 3.63) is 71.0 Å². The normalized spacial score (nSPS) is 11.5. The van der Waals surface area contributed by atoms with Gasteiger partial charge >= 0.3 is 0 Å². The molecular formula is C19H23FN2O3S. The van der Waals surface area contributed by atoms with Crippen LogP contribution in [0.3, 0.4) is 0 Å². The highest BCUT2D eigenvalue weighted by Crippen LogP contribution is 2.07. The molecule has 1 amide bonds. The zero-order valence-electron chi connectivity index (χ0n) is 14.9. The summed E-state index contributed by atoms with van der Waals surface area (Å²) in [6, 6.07) is 13.1. The minimum atomic E-state index is -3.40. The molecule has 7 heteroatoms. The summed E-state index contributed by atoms with van der Waals surface area (Å²) in [4.78, 5) is 12.1. The van der Waals surface area contributed by atoms with Gasteiger partial charge in [-0.25, -0.2) is 17.1 Å².